The lowest BCUT2D eigenvalue weighted by Gasteiger charge is -2.20. The molecule has 0 aliphatic rings. The van der Waals surface area contributed by atoms with Crippen molar-refractivity contribution >= 4 is 26.7 Å². The van der Waals surface area contributed by atoms with E-state index in [1.807, 2.05) is 19.1 Å². The Hall–Kier alpha value is -1.33. The first-order valence-electron chi connectivity index (χ1n) is 7.57. The number of hydrogen-bond acceptors (Lipinski definition) is 5. The second kappa shape index (κ2) is 7.61. The maximum absolute atomic E-state index is 5.52. The fraction of sp³-hybridized carbons (Fsp3) is 0.562. The number of nitrogens with zero attached hydrogens (tertiary/aromatic N) is 2. The molecule has 1 N–H and O–H groups in total. The largest absolute Gasteiger partial charge is 0.494 e. The van der Waals surface area contributed by atoms with Crippen LogP contribution in [-0.2, 0) is 0 Å². The van der Waals surface area contributed by atoms with Gasteiger partial charge in [0.15, 0.2) is 5.13 Å². The van der Waals surface area contributed by atoms with Crippen LogP contribution in [0.25, 0.3) is 10.2 Å². The maximum atomic E-state index is 5.52. The molecule has 0 saturated heterocycles. The van der Waals surface area contributed by atoms with Crippen LogP contribution in [0, 0.1) is 0 Å². The lowest BCUT2D eigenvalue weighted by atomic mass is 10.3. The highest BCUT2D eigenvalue weighted by Crippen LogP contribution is 2.29. The molecule has 0 radical (unpaired) electrons. The molecule has 0 fully saturated rings. The predicted octanol–water partition coefficient (Wildman–Crippen LogP) is 3.84. The minimum atomic E-state index is 0.601. The van der Waals surface area contributed by atoms with Crippen LogP contribution in [0.15, 0.2) is 18.2 Å². The Labute approximate surface area is 131 Å². The maximum Gasteiger partial charge on any atom is 0.183 e. The van der Waals surface area contributed by atoms with Crippen LogP contribution in [0.2, 0.25) is 0 Å². The van der Waals surface area contributed by atoms with Crippen LogP contribution >= 0.6 is 11.3 Å². The molecule has 0 aliphatic carbocycles. The van der Waals surface area contributed by atoms with Gasteiger partial charge in [0.25, 0.3) is 0 Å². The standard InChI is InChI=1S/C16H25N3OS/c1-5-20-13-7-8-14-15(11-13)21-16(18-14)17-9-6-10-19(4)12(2)3/h7-8,11-12H,5-6,9-10H2,1-4H3,(H,17,18). The van der Waals surface area contributed by atoms with E-state index in [0.717, 1.165) is 35.9 Å². The summed E-state index contributed by atoms with van der Waals surface area (Å²) in [6.07, 6.45) is 1.12. The van der Waals surface area contributed by atoms with Crippen LogP contribution in [0.4, 0.5) is 5.13 Å². The summed E-state index contributed by atoms with van der Waals surface area (Å²) in [7, 11) is 2.16. The number of hydrogen-bond donors (Lipinski definition) is 1. The van der Waals surface area contributed by atoms with Crippen molar-refractivity contribution in [3.05, 3.63) is 18.2 Å². The number of benzene rings is 1. The van der Waals surface area contributed by atoms with Crippen molar-refractivity contribution < 1.29 is 4.74 Å². The van der Waals surface area contributed by atoms with E-state index in [1.54, 1.807) is 11.3 Å². The molecular weight excluding hydrogens is 282 g/mol. The van der Waals surface area contributed by atoms with E-state index in [1.165, 1.54) is 4.70 Å². The molecule has 2 aromatic rings. The Morgan fingerprint density at radius 3 is 2.90 bits per heavy atom. The zero-order valence-corrected chi connectivity index (χ0v) is 14.2. The molecule has 0 unspecified atom stereocenters. The summed E-state index contributed by atoms with van der Waals surface area (Å²) in [5.41, 5.74) is 1.03. The van der Waals surface area contributed by atoms with Gasteiger partial charge in [-0.1, -0.05) is 11.3 Å². The Kier molecular flexibility index (Phi) is 5.82. The van der Waals surface area contributed by atoms with Gasteiger partial charge in [0.05, 0.1) is 16.8 Å². The monoisotopic (exact) mass is 307 g/mol. The number of aromatic nitrogens is 1. The molecule has 1 aromatic carbocycles. The molecule has 2 rings (SSSR count). The highest BCUT2D eigenvalue weighted by Gasteiger charge is 2.06. The van der Waals surface area contributed by atoms with Gasteiger partial charge < -0.3 is 15.0 Å². The summed E-state index contributed by atoms with van der Waals surface area (Å²) in [5.74, 6) is 0.916. The molecule has 1 heterocycles. The Morgan fingerprint density at radius 2 is 2.19 bits per heavy atom. The Bertz CT molecular complexity index is 568. The van der Waals surface area contributed by atoms with Gasteiger partial charge in [0.2, 0.25) is 0 Å². The van der Waals surface area contributed by atoms with Gasteiger partial charge in [0, 0.05) is 12.6 Å². The van der Waals surface area contributed by atoms with Crippen molar-refractivity contribution in [2.24, 2.45) is 0 Å². The van der Waals surface area contributed by atoms with Crippen molar-refractivity contribution in [2.45, 2.75) is 33.2 Å². The van der Waals surface area contributed by atoms with Crippen LogP contribution in [0.5, 0.6) is 5.75 Å². The molecule has 21 heavy (non-hydrogen) atoms. The third-order valence-corrected chi connectivity index (χ3v) is 4.49. The van der Waals surface area contributed by atoms with Gasteiger partial charge in [-0.2, -0.15) is 0 Å². The fourth-order valence-electron chi connectivity index (χ4n) is 2.02. The van der Waals surface area contributed by atoms with Crippen LogP contribution < -0.4 is 10.1 Å². The van der Waals surface area contributed by atoms with E-state index in [2.05, 4.69) is 42.2 Å². The van der Waals surface area contributed by atoms with Crippen molar-refractivity contribution in [1.82, 2.24) is 9.88 Å². The molecule has 116 valence electrons. The number of thiazole rings is 1. The summed E-state index contributed by atoms with van der Waals surface area (Å²) in [6, 6.07) is 6.67. The minimum Gasteiger partial charge on any atom is -0.494 e. The molecule has 0 atom stereocenters. The van der Waals surface area contributed by atoms with E-state index in [4.69, 9.17) is 4.74 Å². The lowest BCUT2D eigenvalue weighted by molar-refractivity contribution is 0.273. The van der Waals surface area contributed by atoms with E-state index in [-0.39, 0.29) is 0 Å². The SMILES string of the molecule is CCOc1ccc2nc(NCCCN(C)C(C)C)sc2c1. The zero-order valence-electron chi connectivity index (χ0n) is 13.3. The molecule has 1 aromatic heterocycles. The lowest BCUT2D eigenvalue weighted by Crippen LogP contribution is -2.28. The summed E-state index contributed by atoms with van der Waals surface area (Å²) < 4.78 is 6.69. The third kappa shape index (κ3) is 4.58. The van der Waals surface area contributed by atoms with Gasteiger partial charge in [-0.3, -0.25) is 0 Å². The average Bonchev–Trinajstić information content (AvgIpc) is 2.85. The van der Waals surface area contributed by atoms with Crippen LogP contribution in [0.3, 0.4) is 0 Å². The molecule has 0 bridgehead atoms. The smallest absolute Gasteiger partial charge is 0.183 e. The molecule has 5 heteroatoms. The number of fused-ring (bicyclic) bond motifs is 1. The highest BCUT2D eigenvalue weighted by molar-refractivity contribution is 7.22. The normalized spacial score (nSPS) is 11.5. The first-order chi connectivity index (χ1) is 10.1. The van der Waals surface area contributed by atoms with Crippen LogP contribution in [0.1, 0.15) is 27.2 Å². The molecule has 0 spiro atoms. The molecular formula is C16H25N3OS. The van der Waals surface area contributed by atoms with Crippen molar-refractivity contribution in [2.75, 3.05) is 32.1 Å². The third-order valence-electron chi connectivity index (χ3n) is 3.52. The van der Waals surface area contributed by atoms with Gasteiger partial charge in [-0.05, 0) is 59.0 Å². The quantitative estimate of drug-likeness (QED) is 0.752. The number of nitrogens with one attached hydrogen (secondary N) is 1. The van der Waals surface area contributed by atoms with Crippen molar-refractivity contribution in [3.8, 4) is 5.75 Å². The number of rotatable bonds is 8. The van der Waals surface area contributed by atoms with Crippen molar-refractivity contribution in [3.63, 3.8) is 0 Å². The summed E-state index contributed by atoms with van der Waals surface area (Å²) >= 11 is 1.69. The second-order valence-electron chi connectivity index (χ2n) is 5.44. The number of anilines is 1. The van der Waals surface area contributed by atoms with Gasteiger partial charge in [-0.25, -0.2) is 4.98 Å². The van der Waals surface area contributed by atoms with Gasteiger partial charge in [-0.15, -0.1) is 0 Å². The average molecular weight is 307 g/mol. The summed E-state index contributed by atoms with van der Waals surface area (Å²) in [6.45, 7) is 9.18. The number of ether oxygens (including phenoxy) is 1. The summed E-state index contributed by atoms with van der Waals surface area (Å²) in [4.78, 5) is 6.96. The van der Waals surface area contributed by atoms with E-state index in [9.17, 15) is 0 Å². The van der Waals surface area contributed by atoms with E-state index >= 15 is 0 Å². The molecule has 4 nitrogen and oxygen atoms in total. The second-order valence-corrected chi connectivity index (χ2v) is 6.47. The highest BCUT2D eigenvalue weighted by atomic mass is 32.1. The summed E-state index contributed by atoms with van der Waals surface area (Å²) in [5, 5.41) is 4.41. The van der Waals surface area contributed by atoms with Gasteiger partial charge in [0.1, 0.15) is 5.75 Å². The minimum absolute atomic E-state index is 0.601. The first kappa shape index (κ1) is 16.0. The Morgan fingerprint density at radius 1 is 1.38 bits per heavy atom. The molecule has 0 amide bonds. The fourth-order valence-corrected chi connectivity index (χ4v) is 2.94. The van der Waals surface area contributed by atoms with Crippen LogP contribution in [-0.4, -0.2) is 42.7 Å². The van der Waals surface area contributed by atoms with E-state index < -0.39 is 0 Å². The predicted molar refractivity (Wildman–Crippen MR) is 91.7 cm³/mol. The topological polar surface area (TPSA) is 37.4 Å². The molecule has 0 aliphatic heterocycles. The van der Waals surface area contributed by atoms with Crippen molar-refractivity contribution in [1.29, 1.82) is 0 Å². The Balaban J connectivity index is 1.88. The van der Waals surface area contributed by atoms with E-state index in [0.29, 0.717) is 12.6 Å². The molecule has 0 saturated carbocycles. The van der Waals surface area contributed by atoms with Gasteiger partial charge >= 0.3 is 0 Å². The first-order valence-corrected chi connectivity index (χ1v) is 8.39. The zero-order chi connectivity index (χ0) is 15.2.